The lowest BCUT2D eigenvalue weighted by Crippen LogP contribution is -2.23. The molecule has 8 nitrogen and oxygen atoms in total. The summed E-state index contributed by atoms with van der Waals surface area (Å²) in [5.74, 6) is -0.953. The highest BCUT2D eigenvalue weighted by Crippen LogP contribution is 2.26. The summed E-state index contributed by atoms with van der Waals surface area (Å²) in [6.45, 7) is 1.08. The number of ether oxygens (including phenoxy) is 1. The zero-order valence-corrected chi connectivity index (χ0v) is 15.8. The molecule has 1 aromatic carbocycles. The van der Waals surface area contributed by atoms with Crippen LogP contribution in [-0.4, -0.2) is 45.3 Å². The highest BCUT2D eigenvalue weighted by Gasteiger charge is 2.20. The Morgan fingerprint density at radius 3 is 2.50 bits per heavy atom. The molecular weight excluding hydrogens is 384 g/mol. The molecule has 10 heteroatoms. The second kappa shape index (κ2) is 7.90. The summed E-state index contributed by atoms with van der Waals surface area (Å²) < 4.78 is 35.3. The van der Waals surface area contributed by atoms with Crippen LogP contribution in [0.3, 0.4) is 0 Å². The van der Waals surface area contributed by atoms with Gasteiger partial charge in [0.2, 0.25) is 15.8 Å². The molecule has 1 N–H and O–H groups in total. The monoisotopic (exact) mass is 400 g/mol. The van der Waals surface area contributed by atoms with Crippen LogP contribution in [-0.2, 0) is 19.6 Å². The van der Waals surface area contributed by atoms with Crippen LogP contribution in [0.2, 0.25) is 5.02 Å². The van der Waals surface area contributed by atoms with Gasteiger partial charge < -0.3 is 14.5 Å². The number of nitrogens with zero attached hydrogens (tertiary/aromatic N) is 1. The summed E-state index contributed by atoms with van der Waals surface area (Å²) in [6, 6.07) is 6.93. The van der Waals surface area contributed by atoms with Crippen LogP contribution < -0.4 is 5.32 Å². The molecule has 2 rings (SSSR count). The largest absolute Gasteiger partial charge is 0.454 e. The number of amides is 1. The summed E-state index contributed by atoms with van der Waals surface area (Å²) in [7, 11) is -0.912. The van der Waals surface area contributed by atoms with Gasteiger partial charge in [-0.3, -0.25) is 4.79 Å². The number of furan rings is 1. The van der Waals surface area contributed by atoms with Crippen LogP contribution in [0.4, 0.5) is 5.69 Å². The van der Waals surface area contributed by atoms with Crippen molar-refractivity contribution < 1.29 is 27.2 Å². The molecule has 0 aliphatic heterocycles. The van der Waals surface area contributed by atoms with Gasteiger partial charge in [0.25, 0.3) is 5.91 Å². The van der Waals surface area contributed by atoms with Crippen LogP contribution in [0.5, 0.6) is 0 Å². The number of anilines is 1. The maximum Gasteiger partial charge on any atom is 0.374 e. The molecule has 0 radical (unpaired) electrons. The van der Waals surface area contributed by atoms with E-state index in [0.29, 0.717) is 5.76 Å². The highest BCUT2D eigenvalue weighted by atomic mass is 35.5. The molecule has 0 atom stereocenters. The van der Waals surface area contributed by atoms with E-state index in [1.54, 1.807) is 13.0 Å². The molecule has 0 aliphatic carbocycles. The minimum Gasteiger partial charge on any atom is -0.454 e. The first-order valence-corrected chi connectivity index (χ1v) is 9.18. The van der Waals surface area contributed by atoms with Crippen molar-refractivity contribution in [2.24, 2.45) is 0 Å². The molecule has 140 valence electrons. The number of aryl methyl sites for hydroxylation is 1. The molecule has 0 saturated heterocycles. The second-order valence-electron chi connectivity index (χ2n) is 5.46. The maximum absolute atomic E-state index is 12.1. The molecule has 1 aromatic heterocycles. The van der Waals surface area contributed by atoms with Gasteiger partial charge in [0.1, 0.15) is 5.76 Å². The Labute approximate surface area is 155 Å². The van der Waals surface area contributed by atoms with Gasteiger partial charge in [-0.1, -0.05) is 11.6 Å². The van der Waals surface area contributed by atoms with E-state index in [1.807, 2.05) is 0 Å². The van der Waals surface area contributed by atoms with Crippen LogP contribution in [0, 0.1) is 6.92 Å². The molecule has 0 aliphatic rings. The van der Waals surface area contributed by atoms with Crippen LogP contribution >= 0.6 is 11.6 Å². The highest BCUT2D eigenvalue weighted by molar-refractivity contribution is 7.89. The lowest BCUT2D eigenvalue weighted by molar-refractivity contribution is -0.119. The van der Waals surface area contributed by atoms with Gasteiger partial charge in [0.05, 0.1) is 15.6 Å². The average Bonchev–Trinajstić information content (AvgIpc) is 3.01. The number of hydrogen-bond donors (Lipinski definition) is 1. The maximum atomic E-state index is 12.1. The number of carbonyl (C=O) groups is 2. The van der Waals surface area contributed by atoms with Crippen LogP contribution in [0.25, 0.3) is 0 Å². The van der Waals surface area contributed by atoms with Gasteiger partial charge in [-0.2, -0.15) is 0 Å². The Morgan fingerprint density at radius 1 is 1.23 bits per heavy atom. The minimum absolute atomic E-state index is 0.0209. The molecule has 0 fully saturated rings. The van der Waals surface area contributed by atoms with Crippen LogP contribution in [0.1, 0.15) is 16.3 Å². The fraction of sp³-hybridized carbons (Fsp3) is 0.250. The fourth-order valence-corrected chi connectivity index (χ4v) is 3.00. The Hall–Kier alpha value is -2.36. The summed E-state index contributed by atoms with van der Waals surface area (Å²) in [4.78, 5) is 23.7. The number of sulfonamides is 1. The third-order valence-electron chi connectivity index (χ3n) is 3.27. The number of hydrogen-bond acceptors (Lipinski definition) is 6. The Morgan fingerprint density at radius 2 is 1.92 bits per heavy atom. The summed E-state index contributed by atoms with van der Waals surface area (Å²) >= 11 is 5.99. The zero-order chi connectivity index (χ0) is 19.5. The fourth-order valence-electron chi connectivity index (χ4n) is 1.90. The lowest BCUT2D eigenvalue weighted by atomic mass is 10.3. The molecule has 0 saturated carbocycles. The molecule has 26 heavy (non-hydrogen) atoms. The number of halogens is 1. The SMILES string of the molecule is Cc1ccc(C(=O)OCC(=O)Nc2cc(S(=O)(=O)N(C)C)ccc2Cl)o1. The van der Waals surface area contributed by atoms with E-state index in [0.717, 1.165) is 4.31 Å². The number of nitrogens with one attached hydrogen (secondary N) is 1. The molecule has 1 heterocycles. The number of benzene rings is 1. The number of carbonyl (C=O) groups excluding carboxylic acids is 2. The van der Waals surface area contributed by atoms with Crippen molar-refractivity contribution in [1.82, 2.24) is 4.31 Å². The first-order valence-electron chi connectivity index (χ1n) is 7.37. The van der Waals surface area contributed by atoms with E-state index in [1.165, 1.54) is 38.4 Å². The number of rotatable bonds is 6. The van der Waals surface area contributed by atoms with E-state index < -0.39 is 28.5 Å². The van der Waals surface area contributed by atoms with Crippen molar-refractivity contribution in [2.75, 3.05) is 26.0 Å². The van der Waals surface area contributed by atoms with E-state index in [4.69, 9.17) is 20.8 Å². The third-order valence-corrected chi connectivity index (χ3v) is 5.41. The summed E-state index contributed by atoms with van der Waals surface area (Å²) in [5, 5.41) is 2.55. The molecule has 1 amide bonds. The average molecular weight is 401 g/mol. The van der Waals surface area contributed by atoms with Gasteiger partial charge in [-0.05, 0) is 37.3 Å². The Bertz CT molecular complexity index is 936. The van der Waals surface area contributed by atoms with Crippen molar-refractivity contribution in [1.29, 1.82) is 0 Å². The van der Waals surface area contributed by atoms with E-state index in [2.05, 4.69) is 5.32 Å². The summed E-state index contributed by atoms with van der Waals surface area (Å²) in [6.07, 6.45) is 0. The van der Waals surface area contributed by atoms with Gasteiger partial charge >= 0.3 is 5.97 Å². The van der Waals surface area contributed by atoms with Gasteiger partial charge in [0.15, 0.2) is 6.61 Å². The first-order chi connectivity index (χ1) is 12.1. The Balaban J connectivity index is 2.05. The molecule has 0 bridgehead atoms. The van der Waals surface area contributed by atoms with Crippen molar-refractivity contribution in [2.45, 2.75) is 11.8 Å². The molecule has 0 unspecified atom stereocenters. The van der Waals surface area contributed by atoms with Gasteiger partial charge in [-0.15, -0.1) is 0 Å². The normalized spacial score (nSPS) is 11.4. The standard InChI is InChI=1S/C16H17ClN2O6S/c1-10-4-7-14(25-10)16(21)24-9-15(20)18-13-8-11(5-6-12(13)17)26(22,23)19(2)3/h4-8H,9H2,1-3H3,(H,18,20). The minimum atomic E-state index is -3.69. The van der Waals surface area contributed by atoms with Gasteiger partial charge in [-0.25, -0.2) is 17.5 Å². The van der Waals surface area contributed by atoms with E-state index in [-0.39, 0.29) is 21.4 Å². The Kier molecular flexibility index (Phi) is 6.06. The van der Waals surface area contributed by atoms with Gasteiger partial charge in [0, 0.05) is 14.1 Å². The summed E-state index contributed by atoms with van der Waals surface area (Å²) in [5.41, 5.74) is 0.0875. The van der Waals surface area contributed by atoms with Crippen molar-refractivity contribution >= 4 is 39.2 Å². The third kappa shape index (κ3) is 4.63. The van der Waals surface area contributed by atoms with Crippen molar-refractivity contribution in [3.8, 4) is 0 Å². The topological polar surface area (TPSA) is 106 Å². The first kappa shape index (κ1) is 20.0. The second-order valence-corrected chi connectivity index (χ2v) is 8.02. The number of esters is 1. The smallest absolute Gasteiger partial charge is 0.374 e. The molecule has 0 spiro atoms. The molecule has 2 aromatic rings. The quantitative estimate of drug-likeness (QED) is 0.745. The van der Waals surface area contributed by atoms with E-state index >= 15 is 0 Å². The zero-order valence-electron chi connectivity index (χ0n) is 14.3. The predicted octanol–water partition coefficient (Wildman–Crippen LogP) is 2.29. The predicted molar refractivity (Wildman–Crippen MR) is 94.7 cm³/mol. The van der Waals surface area contributed by atoms with E-state index in [9.17, 15) is 18.0 Å². The van der Waals surface area contributed by atoms with Crippen LogP contribution in [0.15, 0.2) is 39.6 Å². The lowest BCUT2D eigenvalue weighted by Gasteiger charge is -2.13. The molecular formula is C16H17ClN2O6S. The van der Waals surface area contributed by atoms with Crippen molar-refractivity contribution in [3.05, 3.63) is 46.9 Å². The van der Waals surface area contributed by atoms with Crippen molar-refractivity contribution in [3.63, 3.8) is 0 Å².